The summed E-state index contributed by atoms with van der Waals surface area (Å²) in [4.78, 5) is 18.5. The van der Waals surface area contributed by atoms with Crippen molar-refractivity contribution in [2.45, 2.75) is 13.5 Å². The average molecular weight is 293 g/mol. The average Bonchev–Trinajstić information content (AvgIpc) is 3.09. The Balaban J connectivity index is 1.66. The summed E-state index contributed by atoms with van der Waals surface area (Å²) in [6, 6.07) is 3.86. The van der Waals surface area contributed by atoms with Crippen molar-refractivity contribution in [2.75, 3.05) is 13.1 Å². The summed E-state index contributed by atoms with van der Waals surface area (Å²) < 4.78 is 5.23. The largest absolute Gasteiger partial charge is 0.481 e. The fourth-order valence-electron chi connectivity index (χ4n) is 2.54. The highest BCUT2D eigenvalue weighted by Crippen LogP contribution is 2.26. The van der Waals surface area contributed by atoms with Crippen molar-refractivity contribution >= 4 is 17.3 Å². The van der Waals surface area contributed by atoms with Crippen LogP contribution >= 0.6 is 11.3 Å². The highest BCUT2D eigenvalue weighted by molar-refractivity contribution is 7.13. The third kappa shape index (κ3) is 2.59. The van der Waals surface area contributed by atoms with E-state index in [1.807, 2.05) is 24.4 Å². The van der Waals surface area contributed by atoms with Crippen molar-refractivity contribution in [1.29, 1.82) is 0 Å². The van der Waals surface area contributed by atoms with Crippen LogP contribution in [0.2, 0.25) is 0 Å². The van der Waals surface area contributed by atoms with Gasteiger partial charge in [-0.3, -0.25) is 9.69 Å². The first-order chi connectivity index (χ1) is 9.63. The molecule has 1 N–H and O–H groups in total. The number of carboxylic acid groups (broad SMARTS) is 1. The van der Waals surface area contributed by atoms with Gasteiger partial charge in [-0.2, -0.15) is 4.98 Å². The number of aromatic nitrogens is 2. The van der Waals surface area contributed by atoms with Crippen molar-refractivity contribution in [3.05, 3.63) is 23.3 Å². The summed E-state index contributed by atoms with van der Waals surface area (Å²) in [5, 5.41) is 15.0. The number of likely N-dealkylation sites (tertiary alicyclic amines) is 1. The Labute approximate surface area is 120 Å². The van der Waals surface area contributed by atoms with E-state index in [4.69, 9.17) is 9.63 Å². The smallest absolute Gasteiger partial charge is 0.308 e. The summed E-state index contributed by atoms with van der Waals surface area (Å²) in [7, 11) is 0. The summed E-state index contributed by atoms with van der Waals surface area (Å²) in [6.07, 6.45) is 0. The number of thiophene rings is 1. The summed E-state index contributed by atoms with van der Waals surface area (Å²) in [5.41, 5.74) is 0. The monoisotopic (exact) mass is 293 g/mol. The Kier molecular flexibility index (Phi) is 3.54. The van der Waals surface area contributed by atoms with Gasteiger partial charge in [0.05, 0.1) is 17.3 Å². The molecular formula is C13H15N3O3S. The fourth-order valence-corrected chi connectivity index (χ4v) is 3.18. The standard InChI is InChI=1S/C13H15N3O3S/c1-8-5-16(6-9(8)13(17)18)7-11-14-12(19-15-11)10-3-2-4-20-10/h2-4,8-9H,5-7H2,1H3,(H,17,18)/t8-,9-/m1/s1. The lowest BCUT2D eigenvalue weighted by molar-refractivity contribution is -0.142. The van der Waals surface area contributed by atoms with Gasteiger partial charge >= 0.3 is 5.97 Å². The lowest BCUT2D eigenvalue weighted by Crippen LogP contribution is -2.23. The van der Waals surface area contributed by atoms with Crippen molar-refractivity contribution < 1.29 is 14.4 Å². The quantitative estimate of drug-likeness (QED) is 0.928. The van der Waals surface area contributed by atoms with Gasteiger partial charge in [0.25, 0.3) is 5.89 Å². The third-order valence-electron chi connectivity index (χ3n) is 3.57. The number of hydrogen-bond donors (Lipinski definition) is 1. The van der Waals surface area contributed by atoms with Crippen LogP contribution in [-0.4, -0.2) is 39.2 Å². The van der Waals surface area contributed by atoms with Gasteiger partial charge in [-0.25, -0.2) is 0 Å². The second-order valence-electron chi connectivity index (χ2n) is 5.11. The molecule has 0 aromatic carbocycles. The first-order valence-corrected chi connectivity index (χ1v) is 7.33. The number of nitrogens with zero attached hydrogens (tertiary/aromatic N) is 3. The highest BCUT2D eigenvalue weighted by Gasteiger charge is 2.35. The van der Waals surface area contributed by atoms with Crippen LogP contribution in [0.25, 0.3) is 10.8 Å². The molecule has 1 aliphatic heterocycles. The van der Waals surface area contributed by atoms with E-state index < -0.39 is 5.97 Å². The van der Waals surface area contributed by atoms with Crippen LogP contribution in [0.4, 0.5) is 0 Å². The van der Waals surface area contributed by atoms with Crippen LogP contribution in [0.15, 0.2) is 22.0 Å². The molecule has 3 rings (SSSR count). The molecule has 0 amide bonds. The summed E-state index contributed by atoms with van der Waals surface area (Å²) in [5.74, 6) is 0.242. The minimum Gasteiger partial charge on any atom is -0.481 e. The molecule has 1 fully saturated rings. The van der Waals surface area contributed by atoms with Crippen molar-refractivity contribution in [1.82, 2.24) is 15.0 Å². The minimum absolute atomic E-state index is 0.149. The van der Waals surface area contributed by atoms with Crippen molar-refractivity contribution in [3.63, 3.8) is 0 Å². The van der Waals surface area contributed by atoms with Gasteiger partial charge in [0.2, 0.25) is 0 Å². The highest BCUT2D eigenvalue weighted by atomic mass is 32.1. The van der Waals surface area contributed by atoms with Crippen molar-refractivity contribution in [3.8, 4) is 10.8 Å². The van der Waals surface area contributed by atoms with Crippen LogP contribution in [0.1, 0.15) is 12.7 Å². The molecule has 1 saturated heterocycles. The molecule has 0 unspecified atom stereocenters. The predicted octanol–water partition coefficient (Wildman–Crippen LogP) is 1.95. The fraction of sp³-hybridized carbons (Fsp3) is 0.462. The molecule has 6 nitrogen and oxygen atoms in total. The van der Waals surface area contributed by atoms with Gasteiger partial charge in [0.15, 0.2) is 5.82 Å². The summed E-state index contributed by atoms with van der Waals surface area (Å²) in [6.45, 7) is 3.79. The van der Waals surface area contributed by atoms with Gasteiger partial charge in [-0.15, -0.1) is 11.3 Å². The van der Waals surface area contributed by atoms with Crippen LogP contribution in [0.5, 0.6) is 0 Å². The Morgan fingerprint density at radius 2 is 2.45 bits per heavy atom. The molecule has 0 saturated carbocycles. The molecule has 1 aliphatic rings. The van der Waals surface area contributed by atoms with Gasteiger partial charge in [-0.05, 0) is 17.4 Å². The molecule has 0 spiro atoms. The van der Waals surface area contributed by atoms with E-state index in [0.29, 0.717) is 24.8 Å². The van der Waals surface area contributed by atoms with E-state index in [-0.39, 0.29) is 11.8 Å². The van der Waals surface area contributed by atoms with Crippen LogP contribution in [0.3, 0.4) is 0 Å². The van der Waals surface area contributed by atoms with E-state index in [1.54, 1.807) is 11.3 Å². The van der Waals surface area contributed by atoms with Crippen LogP contribution in [0, 0.1) is 11.8 Å². The Hall–Kier alpha value is -1.73. The number of rotatable bonds is 4. The van der Waals surface area contributed by atoms with E-state index in [2.05, 4.69) is 15.0 Å². The lowest BCUT2D eigenvalue weighted by atomic mass is 9.99. The topological polar surface area (TPSA) is 79.5 Å². The summed E-state index contributed by atoms with van der Waals surface area (Å²) >= 11 is 1.55. The molecule has 0 bridgehead atoms. The Morgan fingerprint density at radius 1 is 1.60 bits per heavy atom. The normalized spacial score (nSPS) is 23.2. The Bertz CT molecular complexity index is 596. The molecule has 2 aromatic rings. The predicted molar refractivity (Wildman–Crippen MR) is 73.2 cm³/mol. The zero-order valence-electron chi connectivity index (χ0n) is 11.0. The SMILES string of the molecule is C[C@@H]1CN(Cc2noc(-c3cccs3)n2)C[C@H]1C(=O)O. The second kappa shape index (κ2) is 5.34. The Morgan fingerprint density at radius 3 is 3.10 bits per heavy atom. The van der Waals surface area contributed by atoms with Gasteiger partial charge in [-0.1, -0.05) is 18.1 Å². The number of carbonyl (C=O) groups is 1. The first-order valence-electron chi connectivity index (χ1n) is 6.45. The zero-order valence-corrected chi connectivity index (χ0v) is 11.8. The maximum Gasteiger partial charge on any atom is 0.308 e. The van der Waals surface area contributed by atoms with Gasteiger partial charge < -0.3 is 9.63 Å². The molecule has 7 heteroatoms. The maximum absolute atomic E-state index is 11.1. The molecule has 0 radical (unpaired) electrons. The van der Waals surface area contributed by atoms with Gasteiger partial charge in [0.1, 0.15) is 0 Å². The number of aliphatic carboxylic acids is 1. The maximum atomic E-state index is 11.1. The van der Waals surface area contributed by atoms with Crippen molar-refractivity contribution in [2.24, 2.45) is 11.8 Å². The zero-order chi connectivity index (χ0) is 14.1. The van der Waals surface area contributed by atoms with Crippen LogP contribution < -0.4 is 0 Å². The van der Waals surface area contributed by atoms with Crippen LogP contribution in [-0.2, 0) is 11.3 Å². The second-order valence-corrected chi connectivity index (χ2v) is 6.06. The molecule has 20 heavy (non-hydrogen) atoms. The minimum atomic E-state index is -0.729. The lowest BCUT2D eigenvalue weighted by Gasteiger charge is -2.11. The molecule has 0 aliphatic carbocycles. The van der Waals surface area contributed by atoms with E-state index >= 15 is 0 Å². The van der Waals surface area contributed by atoms with E-state index in [9.17, 15) is 4.79 Å². The molecule has 2 aromatic heterocycles. The van der Waals surface area contributed by atoms with E-state index in [0.717, 1.165) is 11.4 Å². The number of hydrogen-bond acceptors (Lipinski definition) is 6. The molecule has 2 atom stereocenters. The molecule has 106 valence electrons. The molecule has 3 heterocycles. The number of carboxylic acids is 1. The first kappa shape index (κ1) is 13.3. The third-order valence-corrected chi connectivity index (χ3v) is 4.43. The van der Waals surface area contributed by atoms with E-state index in [1.165, 1.54) is 0 Å². The van der Waals surface area contributed by atoms with Gasteiger partial charge in [0, 0.05) is 13.1 Å². The molecular weight excluding hydrogens is 278 g/mol.